The van der Waals surface area contributed by atoms with Gasteiger partial charge in [0.2, 0.25) is 0 Å². The summed E-state index contributed by atoms with van der Waals surface area (Å²) in [6, 6.07) is 14.9. The number of benzene rings is 1. The van der Waals surface area contributed by atoms with Crippen LogP contribution < -0.4 is 10.6 Å². The predicted molar refractivity (Wildman–Crippen MR) is 138 cm³/mol. The molecular formula is C27H31N7O2. The monoisotopic (exact) mass is 485 g/mol. The molecular weight excluding hydrogens is 454 g/mol. The number of piperidine rings is 1. The van der Waals surface area contributed by atoms with Gasteiger partial charge in [0.05, 0.1) is 17.2 Å². The fraction of sp³-hybridized carbons (Fsp3) is 0.370. The molecule has 36 heavy (non-hydrogen) atoms. The number of carbonyl (C=O) groups is 2. The van der Waals surface area contributed by atoms with Gasteiger partial charge in [0.1, 0.15) is 11.6 Å². The zero-order valence-corrected chi connectivity index (χ0v) is 20.9. The van der Waals surface area contributed by atoms with Gasteiger partial charge in [-0.3, -0.25) is 14.3 Å². The van der Waals surface area contributed by atoms with Gasteiger partial charge < -0.3 is 15.5 Å². The number of hydrogen-bond acceptors (Lipinski definition) is 6. The van der Waals surface area contributed by atoms with Crippen LogP contribution in [0.2, 0.25) is 0 Å². The van der Waals surface area contributed by atoms with Crippen LogP contribution in [-0.4, -0.2) is 51.1 Å². The maximum absolute atomic E-state index is 13.1. The molecule has 1 aliphatic heterocycles. The van der Waals surface area contributed by atoms with Crippen molar-refractivity contribution in [2.75, 3.05) is 30.3 Å². The second kappa shape index (κ2) is 11.0. The summed E-state index contributed by atoms with van der Waals surface area (Å²) in [4.78, 5) is 31.9. The van der Waals surface area contributed by atoms with Crippen LogP contribution in [0.5, 0.6) is 0 Å². The normalized spacial score (nSPS) is 13.9. The molecule has 3 heterocycles. The number of rotatable bonds is 7. The molecule has 0 atom stereocenters. The van der Waals surface area contributed by atoms with Gasteiger partial charge in [-0.05, 0) is 54.5 Å². The molecule has 186 valence electrons. The summed E-state index contributed by atoms with van der Waals surface area (Å²) >= 11 is 0. The van der Waals surface area contributed by atoms with E-state index in [1.54, 1.807) is 30.1 Å². The van der Waals surface area contributed by atoms with E-state index >= 15 is 0 Å². The molecule has 2 amide bonds. The number of hydrogen-bond donors (Lipinski definition) is 2. The zero-order valence-electron chi connectivity index (χ0n) is 20.9. The standard InChI is InChI=1S/C27H31N7O2/c1-18(2)16-29-24-9-8-22(17-30-24)26(35)31-25-14-23(32-33(25)3)27(36)34-12-10-21(11-13-34)20-6-4-19(15-28)5-7-20/h4-9,14,17-18,21H,10-13,16H2,1-3H3,(H,29,30)(H,31,35). The number of likely N-dealkylation sites (tertiary alicyclic amines) is 1. The van der Waals surface area contributed by atoms with Crippen LogP contribution in [0.3, 0.4) is 0 Å². The molecule has 1 aliphatic rings. The minimum absolute atomic E-state index is 0.147. The minimum Gasteiger partial charge on any atom is -0.370 e. The van der Waals surface area contributed by atoms with Gasteiger partial charge in [0.25, 0.3) is 11.8 Å². The molecule has 9 heteroatoms. The molecule has 0 saturated carbocycles. The molecule has 1 saturated heterocycles. The van der Waals surface area contributed by atoms with Gasteiger partial charge in [-0.15, -0.1) is 0 Å². The number of aromatic nitrogens is 3. The first-order valence-electron chi connectivity index (χ1n) is 12.2. The van der Waals surface area contributed by atoms with Crippen LogP contribution in [0, 0.1) is 17.2 Å². The number of nitriles is 1. The third-order valence-corrected chi connectivity index (χ3v) is 6.35. The average Bonchev–Trinajstić information content (AvgIpc) is 3.27. The summed E-state index contributed by atoms with van der Waals surface area (Å²) in [5.41, 5.74) is 2.57. The Morgan fingerprint density at radius 2 is 1.86 bits per heavy atom. The van der Waals surface area contributed by atoms with E-state index in [0.717, 1.165) is 25.2 Å². The van der Waals surface area contributed by atoms with Gasteiger partial charge in [-0.25, -0.2) is 4.98 Å². The topological polar surface area (TPSA) is 116 Å². The maximum atomic E-state index is 13.1. The Balaban J connectivity index is 1.34. The number of pyridine rings is 1. The molecule has 3 aromatic rings. The Labute approximate surface area is 211 Å². The Bertz CT molecular complexity index is 1250. The largest absolute Gasteiger partial charge is 0.370 e. The lowest BCUT2D eigenvalue weighted by Gasteiger charge is -2.31. The Kier molecular flexibility index (Phi) is 7.64. The van der Waals surface area contributed by atoms with Crippen LogP contribution in [0.25, 0.3) is 0 Å². The Morgan fingerprint density at radius 3 is 2.47 bits per heavy atom. The first-order valence-corrected chi connectivity index (χ1v) is 12.2. The molecule has 9 nitrogen and oxygen atoms in total. The second-order valence-electron chi connectivity index (χ2n) is 9.50. The fourth-order valence-electron chi connectivity index (χ4n) is 4.23. The van der Waals surface area contributed by atoms with Crippen LogP contribution in [0.1, 0.15) is 64.6 Å². The van der Waals surface area contributed by atoms with Crippen molar-refractivity contribution in [1.82, 2.24) is 19.7 Å². The Morgan fingerprint density at radius 1 is 1.14 bits per heavy atom. The quantitative estimate of drug-likeness (QED) is 0.522. The molecule has 2 N–H and O–H groups in total. The smallest absolute Gasteiger partial charge is 0.274 e. The molecule has 0 spiro atoms. The third kappa shape index (κ3) is 5.89. The van der Waals surface area contributed by atoms with Crippen LogP contribution in [0.4, 0.5) is 11.6 Å². The van der Waals surface area contributed by atoms with Gasteiger partial charge >= 0.3 is 0 Å². The molecule has 1 fully saturated rings. The highest BCUT2D eigenvalue weighted by Gasteiger charge is 2.26. The molecule has 0 aliphatic carbocycles. The summed E-state index contributed by atoms with van der Waals surface area (Å²) in [5, 5.41) is 19.4. The first-order chi connectivity index (χ1) is 17.3. The molecule has 2 aromatic heterocycles. The number of nitrogens with one attached hydrogen (secondary N) is 2. The maximum Gasteiger partial charge on any atom is 0.274 e. The van der Waals surface area contributed by atoms with Gasteiger partial charge in [-0.1, -0.05) is 26.0 Å². The number of aryl methyl sites for hydroxylation is 1. The number of nitrogens with zero attached hydrogens (tertiary/aromatic N) is 5. The van der Waals surface area contributed by atoms with Gasteiger partial charge in [0.15, 0.2) is 5.69 Å². The van der Waals surface area contributed by atoms with Crippen molar-refractivity contribution < 1.29 is 9.59 Å². The minimum atomic E-state index is -0.317. The lowest BCUT2D eigenvalue weighted by molar-refractivity contribution is 0.0706. The van der Waals surface area contributed by atoms with E-state index in [0.29, 0.717) is 47.6 Å². The van der Waals surface area contributed by atoms with Crippen molar-refractivity contribution >= 4 is 23.5 Å². The van der Waals surface area contributed by atoms with E-state index in [-0.39, 0.29) is 11.8 Å². The number of carbonyl (C=O) groups excluding carboxylic acids is 2. The number of amides is 2. The third-order valence-electron chi connectivity index (χ3n) is 6.35. The van der Waals surface area contributed by atoms with Crippen LogP contribution in [-0.2, 0) is 7.05 Å². The first kappa shape index (κ1) is 24.9. The fourth-order valence-corrected chi connectivity index (χ4v) is 4.23. The molecule has 4 rings (SSSR count). The average molecular weight is 486 g/mol. The van der Waals surface area contributed by atoms with E-state index in [1.807, 2.05) is 24.3 Å². The molecule has 0 radical (unpaired) electrons. The molecule has 0 bridgehead atoms. The van der Waals surface area contributed by atoms with E-state index in [2.05, 4.69) is 40.6 Å². The van der Waals surface area contributed by atoms with Crippen molar-refractivity contribution in [2.24, 2.45) is 13.0 Å². The van der Waals surface area contributed by atoms with Crippen LogP contribution in [0.15, 0.2) is 48.7 Å². The molecule has 0 unspecified atom stereocenters. The summed E-state index contributed by atoms with van der Waals surface area (Å²) in [7, 11) is 1.70. The highest BCUT2D eigenvalue weighted by atomic mass is 16.2. The highest BCUT2D eigenvalue weighted by molar-refractivity contribution is 6.04. The van der Waals surface area contributed by atoms with Crippen molar-refractivity contribution in [3.63, 3.8) is 0 Å². The Hall–Kier alpha value is -4.19. The summed E-state index contributed by atoms with van der Waals surface area (Å²) in [6.07, 6.45) is 3.23. The van der Waals surface area contributed by atoms with E-state index in [4.69, 9.17) is 5.26 Å². The van der Waals surface area contributed by atoms with Crippen molar-refractivity contribution in [3.05, 3.63) is 71.0 Å². The van der Waals surface area contributed by atoms with E-state index < -0.39 is 0 Å². The van der Waals surface area contributed by atoms with E-state index in [1.165, 1.54) is 16.4 Å². The van der Waals surface area contributed by atoms with E-state index in [9.17, 15) is 9.59 Å². The summed E-state index contributed by atoms with van der Waals surface area (Å²) < 4.78 is 1.50. The summed E-state index contributed by atoms with van der Waals surface area (Å²) in [6.45, 7) is 6.29. The van der Waals surface area contributed by atoms with Crippen molar-refractivity contribution in [3.8, 4) is 6.07 Å². The van der Waals surface area contributed by atoms with Gasteiger partial charge in [0, 0.05) is 38.9 Å². The SMILES string of the molecule is CC(C)CNc1ccc(C(=O)Nc2cc(C(=O)N3CCC(c4ccc(C#N)cc4)CC3)nn2C)cn1. The molecule has 1 aromatic carbocycles. The van der Waals surface area contributed by atoms with Crippen molar-refractivity contribution in [1.29, 1.82) is 5.26 Å². The lowest BCUT2D eigenvalue weighted by Crippen LogP contribution is -2.38. The zero-order chi connectivity index (χ0) is 25.7. The lowest BCUT2D eigenvalue weighted by atomic mass is 9.89. The van der Waals surface area contributed by atoms with Gasteiger partial charge in [-0.2, -0.15) is 10.4 Å². The van der Waals surface area contributed by atoms with Crippen molar-refractivity contribution in [2.45, 2.75) is 32.6 Å². The van der Waals surface area contributed by atoms with Crippen LogP contribution >= 0.6 is 0 Å². The predicted octanol–water partition coefficient (Wildman–Crippen LogP) is 4.03. The summed E-state index contributed by atoms with van der Waals surface area (Å²) in [5.74, 6) is 1.55. The second-order valence-corrected chi connectivity index (χ2v) is 9.50. The number of anilines is 2. The highest BCUT2D eigenvalue weighted by Crippen LogP contribution is 2.29.